The molecule has 19 heteroatoms. The Balaban J connectivity index is 0.697. The van der Waals surface area contributed by atoms with Crippen LogP contribution in [0.4, 0.5) is 28.8 Å². The van der Waals surface area contributed by atoms with E-state index >= 15 is 0 Å². The van der Waals surface area contributed by atoms with Gasteiger partial charge in [-0.3, -0.25) is 39.0 Å². The van der Waals surface area contributed by atoms with E-state index in [1.165, 1.54) is 4.90 Å². The predicted octanol–water partition coefficient (Wildman–Crippen LogP) is 3.42. The van der Waals surface area contributed by atoms with Crippen molar-refractivity contribution in [1.29, 1.82) is 0 Å². The fourth-order valence-corrected chi connectivity index (χ4v) is 10.5. The highest BCUT2D eigenvalue weighted by molar-refractivity contribution is 6.07. The van der Waals surface area contributed by atoms with Crippen molar-refractivity contribution in [2.24, 2.45) is 0 Å². The van der Waals surface area contributed by atoms with E-state index in [0.717, 1.165) is 76.9 Å². The molecule has 5 aliphatic heterocycles. The van der Waals surface area contributed by atoms with Gasteiger partial charge in [0.1, 0.15) is 23.5 Å². The summed E-state index contributed by atoms with van der Waals surface area (Å²) >= 11 is 0. The first kappa shape index (κ1) is 46.0. The summed E-state index contributed by atoms with van der Waals surface area (Å²) in [6.07, 6.45) is 9.52. The Morgan fingerprint density at radius 2 is 1.72 bits per heavy atom. The molecule has 1 saturated carbocycles. The fraction of sp³-hybridized carbons (Fsp3) is 0.542. The topological polar surface area (TPSA) is 211 Å². The van der Waals surface area contributed by atoms with Crippen molar-refractivity contribution in [1.82, 2.24) is 35.3 Å². The molecule has 3 atom stereocenters. The number of hydrogen-bond donors (Lipinski definition) is 4. The Bertz CT molecular complexity index is 2400. The van der Waals surface area contributed by atoms with Crippen LogP contribution < -0.4 is 35.8 Å². The molecule has 6 amide bonds. The predicted molar refractivity (Wildman–Crippen MR) is 249 cm³/mol. The van der Waals surface area contributed by atoms with Crippen LogP contribution in [0, 0.1) is 0 Å². The molecule has 1 unspecified atom stereocenters. The van der Waals surface area contributed by atoms with Crippen LogP contribution in [0.1, 0.15) is 97.4 Å². The Labute approximate surface area is 390 Å². The number of carbonyl (C=O) groups excluding carboxylic acids is 6. The molecule has 3 aromatic rings. The number of carbonyl (C=O) groups is 6. The number of ether oxygens (including phenoxy) is 2. The van der Waals surface area contributed by atoms with Crippen LogP contribution >= 0.6 is 0 Å². The Morgan fingerprint density at radius 3 is 2.45 bits per heavy atom. The van der Waals surface area contributed by atoms with Gasteiger partial charge in [-0.2, -0.15) is 4.98 Å². The largest absolute Gasteiger partial charge is 0.495 e. The van der Waals surface area contributed by atoms with Crippen LogP contribution in [-0.4, -0.2) is 150 Å². The lowest BCUT2D eigenvalue weighted by molar-refractivity contribution is -0.137. The number of benzene rings is 2. The highest BCUT2D eigenvalue weighted by atomic mass is 16.5. The van der Waals surface area contributed by atoms with Gasteiger partial charge in [0.15, 0.2) is 5.82 Å². The molecule has 1 aliphatic carbocycles. The quantitative estimate of drug-likeness (QED) is 0.120. The van der Waals surface area contributed by atoms with Crippen LogP contribution in [0.2, 0.25) is 0 Å². The van der Waals surface area contributed by atoms with Gasteiger partial charge in [0.2, 0.25) is 29.6 Å². The van der Waals surface area contributed by atoms with Crippen molar-refractivity contribution < 1.29 is 38.2 Å². The molecule has 2 aromatic carbocycles. The normalized spacial score (nSPS) is 22.6. The molecular formula is C48H61N11O8. The van der Waals surface area contributed by atoms with E-state index in [1.807, 2.05) is 6.92 Å². The highest BCUT2D eigenvalue weighted by Crippen LogP contribution is 2.41. The number of hydrogen-bond acceptors (Lipinski definition) is 14. The molecule has 3 saturated heterocycles. The molecule has 4 fully saturated rings. The average molecular weight is 920 g/mol. The van der Waals surface area contributed by atoms with Crippen LogP contribution in [0.3, 0.4) is 0 Å². The van der Waals surface area contributed by atoms with E-state index < -0.39 is 11.9 Å². The number of rotatable bonds is 16. The zero-order valence-corrected chi connectivity index (χ0v) is 38.6. The maximum atomic E-state index is 13.5. The minimum atomic E-state index is -0.723. The van der Waals surface area contributed by atoms with Crippen LogP contribution in [0.5, 0.6) is 5.75 Å². The lowest BCUT2D eigenvalue weighted by atomic mass is 10.0. The van der Waals surface area contributed by atoms with Crippen molar-refractivity contribution in [3.8, 4) is 5.75 Å². The van der Waals surface area contributed by atoms with Crippen LogP contribution in [0.15, 0.2) is 42.6 Å². The van der Waals surface area contributed by atoms with Gasteiger partial charge in [-0.05, 0) is 75.3 Å². The fourth-order valence-electron chi connectivity index (χ4n) is 10.5. The number of likely N-dealkylation sites (N-methyl/N-ethyl adjacent to an activating group) is 1. The van der Waals surface area contributed by atoms with Gasteiger partial charge in [0, 0.05) is 87.2 Å². The number of aromatic nitrogens is 2. The number of imide groups is 1. The third-order valence-electron chi connectivity index (χ3n) is 14.4. The van der Waals surface area contributed by atoms with E-state index in [1.54, 1.807) is 61.7 Å². The van der Waals surface area contributed by atoms with Gasteiger partial charge in [0.25, 0.3) is 11.8 Å². The zero-order chi connectivity index (χ0) is 46.8. The molecule has 6 aliphatic rings. The highest BCUT2D eigenvalue weighted by Gasteiger charge is 2.43. The molecule has 6 heterocycles. The van der Waals surface area contributed by atoms with Gasteiger partial charge in [0.05, 0.1) is 38.2 Å². The number of anilines is 5. The lowest BCUT2D eigenvalue weighted by Gasteiger charge is -2.43. The van der Waals surface area contributed by atoms with E-state index in [2.05, 4.69) is 41.0 Å². The lowest BCUT2D eigenvalue weighted by Crippen LogP contribution is -2.55. The monoisotopic (exact) mass is 919 g/mol. The Kier molecular flexibility index (Phi) is 13.7. The van der Waals surface area contributed by atoms with Gasteiger partial charge in [-0.25, -0.2) is 4.98 Å². The third-order valence-corrected chi connectivity index (χ3v) is 14.4. The summed E-state index contributed by atoms with van der Waals surface area (Å²) < 4.78 is 11.7. The number of likely N-dealkylation sites (tertiary alicyclic amines) is 2. The first-order valence-corrected chi connectivity index (χ1v) is 23.8. The van der Waals surface area contributed by atoms with Crippen molar-refractivity contribution in [3.63, 3.8) is 0 Å². The minimum absolute atomic E-state index is 0.0355. The Hall–Kier alpha value is -6.18. The SMILES string of the molecule is CC[C@@H]1C(=O)N(C)c2cnc(Nc3ccc(C(=O)NC4CCN(CCOCCN5CC[C@@H]5C(=O)Nc5cccc6c5CN(C5CCC(=O)NC5=O)C6=O)CC4)cc3OC)nc2N1C1CCCC1. The summed E-state index contributed by atoms with van der Waals surface area (Å²) in [4.78, 5) is 96.8. The Morgan fingerprint density at radius 1 is 0.925 bits per heavy atom. The van der Waals surface area contributed by atoms with E-state index in [4.69, 9.17) is 14.5 Å². The molecule has 356 valence electrons. The molecular weight excluding hydrogens is 859 g/mol. The first-order chi connectivity index (χ1) is 32.5. The summed E-state index contributed by atoms with van der Waals surface area (Å²) in [6.45, 7) is 7.11. The van der Waals surface area contributed by atoms with Crippen molar-refractivity contribution in [2.75, 3.05) is 80.5 Å². The second-order valence-corrected chi connectivity index (χ2v) is 18.4. The maximum absolute atomic E-state index is 13.5. The first-order valence-electron chi connectivity index (χ1n) is 23.8. The second kappa shape index (κ2) is 20.0. The van der Waals surface area contributed by atoms with Gasteiger partial charge in [-0.15, -0.1) is 0 Å². The number of methoxy groups -OCH3 is 1. The molecule has 67 heavy (non-hydrogen) atoms. The second-order valence-electron chi connectivity index (χ2n) is 18.4. The molecule has 19 nitrogen and oxygen atoms in total. The summed E-state index contributed by atoms with van der Waals surface area (Å²) in [5.74, 6) is 0.287. The number of fused-ring (bicyclic) bond motifs is 2. The summed E-state index contributed by atoms with van der Waals surface area (Å²) in [6, 6.07) is 9.49. The van der Waals surface area contributed by atoms with Gasteiger partial charge < -0.3 is 45.0 Å². The average Bonchev–Trinajstić information content (AvgIpc) is 3.97. The maximum Gasteiger partial charge on any atom is 0.255 e. The van der Waals surface area contributed by atoms with Gasteiger partial charge in [-0.1, -0.05) is 25.8 Å². The number of nitrogens with zero attached hydrogens (tertiary/aromatic N) is 7. The molecule has 9 rings (SSSR count). The minimum Gasteiger partial charge on any atom is -0.495 e. The molecule has 0 bridgehead atoms. The standard InChI is InChI=1S/C48H61N11O8/c1-4-36-47(65)55(2)39-27-49-48(54-42(39)59(36)31-8-5-6-9-31)52-35-13-12-29(26-40(35)66-3)43(61)50-30-16-19-56(20-17-30)22-24-67-25-23-57-21-18-37(57)44(62)51-34-11-7-10-32-33(34)28-58(46(32)64)38-14-15-41(60)53-45(38)63/h7,10-13,26-27,30-31,36-38H,4-6,8-9,14-25,28H2,1-3H3,(H,50,61)(H,51,62)(H,49,52,54)(H,53,60,63)/t36-,37-,38?/m1/s1. The third kappa shape index (κ3) is 9.54. The smallest absolute Gasteiger partial charge is 0.255 e. The van der Waals surface area contributed by atoms with E-state index in [-0.39, 0.29) is 73.1 Å². The van der Waals surface area contributed by atoms with Crippen LogP contribution in [-0.2, 0) is 30.5 Å². The summed E-state index contributed by atoms with van der Waals surface area (Å²) in [7, 11) is 3.35. The molecule has 1 aromatic heterocycles. The van der Waals surface area contributed by atoms with Crippen molar-refractivity contribution in [2.45, 2.75) is 108 Å². The van der Waals surface area contributed by atoms with E-state index in [0.29, 0.717) is 71.6 Å². The van der Waals surface area contributed by atoms with E-state index in [9.17, 15) is 28.8 Å². The summed E-state index contributed by atoms with van der Waals surface area (Å²) in [5, 5.41) is 11.9. The van der Waals surface area contributed by atoms with Crippen molar-refractivity contribution in [3.05, 3.63) is 59.3 Å². The van der Waals surface area contributed by atoms with Crippen molar-refractivity contribution >= 4 is 64.3 Å². The van der Waals surface area contributed by atoms with Gasteiger partial charge >= 0.3 is 0 Å². The number of nitrogens with one attached hydrogen (secondary N) is 4. The molecule has 0 spiro atoms. The van der Waals surface area contributed by atoms with Crippen LogP contribution in [0.25, 0.3) is 0 Å². The summed E-state index contributed by atoms with van der Waals surface area (Å²) in [5.41, 5.74) is 3.50. The number of amides is 6. The zero-order valence-electron chi connectivity index (χ0n) is 38.6. The number of piperidine rings is 2. The molecule has 0 radical (unpaired) electrons. The molecule has 4 N–H and O–H groups in total.